The molecule has 3 heterocycles. The largest absolute Gasteiger partial charge is 0.378 e. The minimum absolute atomic E-state index is 0.0509. The molecule has 0 aromatic carbocycles. The third-order valence-corrected chi connectivity index (χ3v) is 5.82. The zero-order chi connectivity index (χ0) is 21.1. The maximum Gasteiger partial charge on any atom is 0.273 e. The first-order valence-corrected chi connectivity index (χ1v) is 10.7. The van der Waals surface area contributed by atoms with Gasteiger partial charge >= 0.3 is 0 Å². The maximum atomic E-state index is 13.1. The van der Waals surface area contributed by atoms with Gasteiger partial charge in [-0.15, -0.1) is 0 Å². The fraction of sp³-hybridized carbons (Fsp3) is 0.478. The number of pyridine rings is 1. The molecule has 0 unspecified atom stereocenters. The second-order valence-electron chi connectivity index (χ2n) is 8.76. The van der Waals surface area contributed by atoms with Crippen molar-refractivity contribution in [3.05, 3.63) is 59.3 Å². The Morgan fingerprint density at radius 3 is 2.43 bits per heavy atom. The molecule has 1 saturated carbocycles. The Bertz CT molecular complexity index is 1030. The average molecular weight is 407 g/mol. The molecule has 1 N–H and O–H groups in total. The van der Waals surface area contributed by atoms with Crippen LogP contribution in [0.2, 0.25) is 0 Å². The van der Waals surface area contributed by atoms with Crippen molar-refractivity contribution in [3.63, 3.8) is 0 Å². The van der Waals surface area contributed by atoms with Crippen LogP contribution >= 0.6 is 0 Å². The van der Waals surface area contributed by atoms with E-state index in [4.69, 9.17) is 0 Å². The zero-order valence-corrected chi connectivity index (χ0v) is 18.0. The lowest BCUT2D eigenvalue weighted by molar-refractivity contribution is 0.410. The van der Waals surface area contributed by atoms with Crippen LogP contribution in [0.25, 0.3) is 11.1 Å². The molecule has 0 saturated heterocycles. The first kappa shape index (κ1) is 20.3. The third kappa shape index (κ3) is 4.61. The summed E-state index contributed by atoms with van der Waals surface area (Å²) in [5.41, 5.74) is 3.99. The van der Waals surface area contributed by atoms with E-state index >= 15 is 0 Å². The van der Waals surface area contributed by atoms with E-state index in [0.717, 1.165) is 36.8 Å². The summed E-state index contributed by atoms with van der Waals surface area (Å²) in [7, 11) is 1.91. The van der Waals surface area contributed by atoms with E-state index in [0.29, 0.717) is 30.1 Å². The van der Waals surface area contributed by atoms with Crippen LogP contribution in [-0.2, 0) is 13.6 Å². The minimum atomic E-state index is 0.0509. The van der Waals surface area contributed by atoms with E-state index in [1.54, 1.807) is 11.0 Å². The Morgan fingerprint density at radius 2 is 1.80 bits per heavy atom. The van der Waals surface area contributed by atoms with E-state index in [9.17, 15) is 4.79 Å². The van der Waals surface area contributed by atoms with Crippen molar-refractivity contribution in [1.29, 1.82) is 0 Å². The number of aryl methyl sites for hydroxylation is 1. The molecule has 0 bridgehead atoms. The predicted octanol–water partition coefficient (Wildman–Crippen LogP) is 3.83. The zero-order valence-electron chi connectivity index (χ0n) is 18.0. The van der Waals surface area contributed by atoms with E-state index in [2.05, 4.69) is 34.2 Å². The Kier molecular flexibility index (Phi) is 5.97. The number of aromatic nitrogens is 5. The monoisotopic (exact) mass is 406 g/mol. The molecule has 0 aliphatic heterocycles. The van der Waals surface area contributed by atoms with Gasteiger partial charge in [-0.2, -0.15) is 5.10 Å². The second kappa shape index (κ2) is 8.81. The smallest absolute Gasteiger partial charge is 0.273 e. The van der Waals surface area contributed by atoms with Gasteiger partial charge < -0.3 is 9.88 Å². The maximum absolute atomic E-state index is 13.1. The highest BCUT2D eigenvalue weighted by Gasteiger charge is 2.23. The molecule has 1 aliphatic carbocycles. The summed E-state index contributed by atoms with van der Waals surface area (Å²) >= 11 is 0. The lowest BCUT2D eigenvalue weighted by atomic mass is 9.82. The van der Waals surface area contributed by atoms with Gasteiger partial charge in [0.1, 0.15) is 12.0 Å². The van der Waals surface area contributed by atoms with Crippen LogP contribution in [0.5, 0.6) is 0 Å². The van der Waals surface area contributed by atoms with E-state index in [-0.39, 0.29) is 5.56 Å². The van der Waals surface area contributed by atoms with Crippen LogP contribution in [0, 0.1) is 5.92 Å². The van der Waals surface area contributed by atoms with Gasteiger partial charge in [0.05, 0.1) is 6.20 Å². The molecule has 0 atom stereocenters. The Hall–Kier alpha value is -2.96. The number of rotatable bonds is 6. The fourth-order valence-corrected chi connectivity index (χ4v) is 4.31. The highest BCUT2D eigenvalue weighted by atomic mass is 16.1. The van der Waals surface area contributed by atoms with Gasteiger partial charge in [-0.05, 0) is 49.1 Å². The lowest BCUT2D eigenvalue weighted by Crippen LogP contribution is -2.31. The summed E-state index contributed by atoms with van der Waals surface area (Å²) in [6.45, 7) is 4.96. The molecule has 1 fully saturated rings. The summed E-state index contributed by atoms with van der Waals surface area (Å²) in [6.07, 6.45) is 15.4. The highest BCUT2D eigenvalue weighted by molar-refractivity contribution is 5.65. The van der Waals surface area contributed by atoms with Crippen molar-refractivity contribution < 1.29 is 0 Å². The van der Waals surface area contributed by atoms with Gasteiger partial charge in [0.2, 0.25) is 0 Å². The molecule has 0 amide bonds. The highest BCUT2D eigenvalue weighted by Crippen LogP contribution is 2.33. The van der Waals surface area contributed by atoms with E-state index < -0.39 is 0 Å². The summed E-state index contributed by atoms with van der Waals surface area (Å²) in [4.78, 5) is 21.4. The molecule has 0 spiro atoms. The quantitative estimate of drug-likeness (QED) is 0.673. The summed E-state index contributed by atoms with van der Waals surface area (Å²) in [5.74, 6) is 0.895. The predicted molar refractivity (Wildman–Crippen MR) is 118 cm³/mol. The third-order valence-electron chi connectivity index (χ3n) is 5.82. The Labute approximate surface area is 177 Å². The van der Waals surface area contributed by atoms with Crippen molar-refractivity contribution in [3.8, 4) is 11.1 Å². The van der Waals surface area contributed by atoms with Crippen molar-refractivity contribution in [2.75, 3.05) is 5.32 Å². The van der Waals surface area contributed by atoms with Gasteiger partial charge in [0.25, 0.3) is 5.56 Å². The fourth-order valence-electron chi connectivity index (χ4n) is 4.31. The lowest BCUT2D eigenvalue weighted by Gasteiger charge is -2.29. The van der Waals surface area contributed by atoms with Crippen LogP contribution in [0.15, 0.2) is 48.2 Å². The van der Waals surface area contributed by atoms with Crippen LogP contribution in [0.3, 0.4) is 0 Å². The SMILES string of the molecule is CC(C)Cn1cc(-c2cnn(C)c2)cc(NC2CCC(c3cncnc3)CC2)c1=O. The molecule has 4 rings (SSSR count). The molecule has 158 valence electrons. The van der Waals surface area contributed by atoms with Crippen LogP contribution in [0.4, 0.5) is 5.69 Å². The molecule has 1 aliphatic rings. The van der Waals surface area contributed by atoms with E-state index in [1.165, 1.54) is 5.56 Å². The normalized spacial score (nSPS) is 19.2. The topological polar surface area (TPSA) is 77.6 Å². The van der Waals surface area contributed by atoms with Crippen LogP contribution in [-0.4, -0.2) is 30.4 Å². The number of nitrogens with zero attached hydrogens (tertiary/aromatic N) is 5. The molecular formula is C23H30N6O. The second-order valence-corrected chi connectivity index (χ2v) is 8.76. The number of anilines is 1. The summed E-state index contributed by atoms with van der Waals surface area (Å²) < 4.78 is 3.62. The molecular weight excluding hydrogens is 376 g/mol. The van der Waals surface area contributed by atoms with E-state index in [1.807, 2.05) is 48.7 Å². The van der Waals surface area contributed by atoms with Crippen LogP contribution in [0.1, 0.15) is 51.0 Å². The van der Waals surface area contributed by atoms with Crippen molar-refractivity contribution >= 4 is 5.69 Å². The van der Waals surface area contributed by atoms with Gasteiger partial charge in [0, 0.05) is 55.5 Å². The first-order chi connectivity index (χ1) is 14.5. The van der Waals surface area contributed by atoms with Gasteiger partial charge in [-0.25, -0.2) is 9.97 Å². The molecule has 3 aromatic heterocycles. The molecule has 7 nitrogen and oxygen atoms in total. The number of hydrogen-bond donors (Lipinski definition) is 1. The molecule has 7 heteroatoms. The molecule has 30 heavy (non-hydrogen) atoms. The summed E-state index contributed by atoms with van der Waals surface area (Å²) in [5, 5.41) is 7.85. The number of hydrogen-bond acceptors (Lipinski definition) is 5. The first-order valence-electron chi connectivity index (χ1n) is 10.7. The van der Waals surface area contributed by atoms with Gasteiger partial charge in [-0.3, -0.25) is 9.48 Å². The average Bonchev–Trinajstić information content (AvgIpc) is 3.18. The molecule has 0 radical (unpaired) electrons. The Morgan fingerprint density at radius 1 is 1.07 bits per heavy atom. The van der Waals surface area contributed by atoms with Crippen molar-refractivity contribution in [2.24, 2.45) is 13.0 Å². The Balaban J connectivity index is 1.54. The summed E-state index contributed by atoms with van der Waals surface area (Å²) in [6, 6.07) is 2.28. The van der Waals surface area contributed by atoms with Crippen molar-refractivity contribution in [2.45, 2.75) is 58.0 Å². The van der Waals surface area contributed by atoms with Crippen molar-refractivity contribution in [1.82, 2.24) is 24.3 Å². The minimum Gasteiger partial charge on any atom is -0.378 e. The van der Waals surface area contributed by atoms with Gasteiger partial charge in [-0.1, -0.05) is 13.8 Å². The standard InChI is InChI=1S/C23H30N6O/c1-16(2)12-29-14-18(20-11-26-28(3)13-20)8-22(23(29)30)27-21-6-4-17(5-7-21)19-9-24-15-25-10-19/h8-11,13-17,21,27H,4-7,12H2,1-3H3. The number of nitrogens with one attached hydrogen (secondary N) is 1. The van der Waals surface area contributed by atoms with Crippen LogP contribution < -0.4 is 10.9 Å². The van der Waals surface area contributed by atoms with Gasteiger partial charge in [0.15, 0.2) is 0 Å². The molecule has 3 aromatic rings.